The highest BCUT2D eigenvalue weighted by molar-refractivity contribution is 5.62. The highest BCUT2D eigenvalue weighted by Gasteiger charge is 2.00. The fraction of sp³-hybridized carbons (Fsp3) is 0. The van der Waals surface area contributed by atoms with Gasteiger partial charge in [-0.05, 0) is 11.6 Å². The molecule has 3 heteroatoms. The molecule has 0 radical (unpaired) electrons. The van der Waals surface area contributed by atoms with Gasteiger partial charge in [0.1, 0.15) is 5.69 Å². The highest BCUT2D eigenvalue weighted by atomic mass is 15.4. The van der Waals surface area contributed by atoms with Crippen LogP contribution in [-0.4, -0.2) is 15.0 Å². The Labute approximate surface area is 111 Å². The zero-order chi connectivity index (χ0) is 12.9. The highest BCUT2D eigenvalue weighted by Crippen LogP contribution is 2.15. The third-order valence-electron chi connectivity index (χ3n) is 2.80. The molecule has 2 aromatic carbocycles. The van der Waals surface area contributed by atoms with E-state index in [0.29, 0.717) is 0 Å². The number of nitrogens with zero attached hydrogens (tertiary/aromatic N) is 3. The first kappa shape index (κ1) is 11.4. The molecule has 0 amide bonds. The molecule has 0 atom stereocenters. The van der Waals surface area contributed by atoms with Crippen LogP contribution in [0.15, 0.2) is 66.9 Å². The van der Waals surface area contributed by atoms with Gasteiger partial charge in [-0.2, -0.15) is 0 Å². The Hall–Kier alpha value is -2.68. The van der Waals surface area contributed by atoms with Crippen molar-refractivity contribution >= 4 is 12.3 Å². The maximum atomic E-state index is 4.16. The molecule has 0 aliphatic carbocycles. The average Bonchev–Trinajstić information content (AvgIpc) is 2.96. The Bertz CT molecular complexity index is 669. The zero-order valence-electron chi connectivity index (χ0n) is 10.3. The molecule has 19 heavy (non-hydrogen) atoms. The molecule has 0 aliphatic heterocycles. The van der Waals surface area contributed by atoms with Crippen molar-refractivity contribution in [2.75, 3.05) is 0 Å². The first-order chi connectivity index (χ1) is 9.42. The first-order valence-electron chi connectivity index (χ1n) is 6.12. The van der Waals surface area contributed by atoms with Crippen molar-refractivity contribution in [3.05, 3.63) is 72.4 Å². The van der Waals surface area contributed by atoms with Gasteiger partial charge in [0.05, 0.1) is 6.20 Å². The normalized spacial score (nSPS) is 10.9. The molecular formula is C16H13N3. The van der Waals surface area contributed by atoms with Crippen LogP contribution in [0.3, 0.4) is 0 Å². The SMILES string of the molecule is C(=C\n1cc(-c2ccccc2)nn1)/c1ccccc1. The van der Waals surface area contributed by atoms with Crippen molar-refractivity contribution in [1.82, 2.24) is 15.0 Å². The van der Waals surface area contributed by atoms with E-state index in [4.69, 9.17) is 0 Å². The van der Waals surface area contributed by atoms with E-state index in [2.05, 4.69) is 10.3 Å². The van der Waals surface area contributed by atoms with E-state index in [1.54, 1.807) is 4.68 Å². The summed E-state index contributed by atoms with van der Waals surface area (Å²) in [5.41, 5.74) is 3.08. The third-order valence-corrected chi connectivity index (χ3v) is 2.80. The van der Waals surface area contributed by atoms with Crippen LogP contribution in [0.5, 0.6) is 0 Å². The van der Waals surface area contributed by atoms with Gasteiger partial charge in [-0.1, -0.05) is 65.9 Å². The maximum Gasteiger partial charge on any atom is 0.113 e. The van der Waals surface area contributed by atoms with Gasteiger partial charge in [0.15, 0.2) is 0 Å². The predicted octanol–water partition coefficient (Wildman–Crippen LogP) is 3.57. The topological polar surface area (TPSA) is 30.7 Å². The average molecular weight is 247 g/mol. The number of hydrogen-bond donors (Lipinski definition) is 0. The summed E-state index contributed by atoms with van der Waals surface area (Å²) in [4.78, 5) is 0. The molecule has 3 nitrogen and oxygen atoms in total. The van der Waals surface area contributed by atoms with Crippen LogP contribution in [-0.2, 0) is 0 Å². The van der Waals surface area contributed by atoms with E-state index >= 15 is 0 Å². The minimum atomic E-state index is 0.873. The lowest BCUT2D eigenvalue weighted by Crippen LogP contribution is -1.85. The number of hydrogen-bond acceptors (Lipinski definition) is 2. The van der Waals surface area contributed by atoms with Crippen molar-refractivity contribution in [2.24, 2.45) is 0 Å². The Morgan fingerprint density at radius 1 is 0.842 bits per heavy atom. The molecule has 3 rings (SSSR count). The minimum absolute atomic E-state index is 0.873. The van der Waals surface area contributed by atoms with Crippen LogP contribution in [0, 0.1) is 0 Å². The van der Waals surface area contributed by atoms with Gasteiger partial charge < -0.3 is 0 Å². The van der Waals surface area contributed by atoms with E-state index in [9.17, 15) is 0 Å². The molecule has 0 unspecified atom stereocenters. The Kier molecular flexibility index (Phi) is 3.19. The van der Waals surface area contributed by atoms with Crippen molar-refractivity contribution in [2.45, 2.75) is 0 Å². The zero-order valence-corrected chi connectivity index (χ0v) is 10.3. The number of rotatable bonds is 3. The summed E-state index contributed by atoms with van der Waals surface area (Å²) in [6.45, 7) is 0. The Morgan fingerprint density at radius 3 is 2.26 bits per heavy atom. The van der Waals surface area contributed by atoms with Gasteiger partial charge in [-0.15, -0.1) is 5.10 Å². The summed E-state index contributed by atoms with van der Waals surface area (Å²) < 4.78 is 1.72. The minimum Gasteiger partial charge on any atom is -0.227 e. The van der Waals surface area contributed by atoms with Gasteiger partial charge in [0.2, 0.25) is 0 Å². The molecule has 1 aromatic heterocycles. The van der Waals surface area contributed by atoms with Crippen LogP contribution < -0.4 is 0 Å². The van der Waals surface area contributed by atoms with Crippen LogP contribution in [0.1, 0.15) is 5.56 Å². The fourth-order valence-electron chi connectivity index (χ4n) is 1.82. The number of aromatic nitrogens is 3. The molecule has 0 spiro atoms. The lowest BCUT2D eigenvalue weighted by molar-refractivity contribution is 0.843. The molecule has 92 valence electrons. The van der Waals surface area contributed by atoms with E-state index in [1.165, 1.54) is 0 Å². The molecule has 0 aliphatic rings. The first-order valence-corrected chi connectivity index (χ1v) is 6.12. The smallest absolute Gasteiger partial charge is 0.113 e. The quantitative estimate of drug-likeness (QED) is 0.708. The van der Waals surface area contributed by atoms with E-state index in [1.807, 2.05) is 79.1 Å². The molecule has 3 aromatic rings. The fourth-order valence-corrected chi connectivity index (χ4v) is 1.82. The van der Waals surface area contributed by atoms with Crippen LogP contribution in [0.25, 0.3) is 23.5 Å². The molecule has 0 fully saturated rings. The Balaban J connectivity index is 1.81. The van der Waals surface area contributed by atoms with Crippen molar-refractivity contribution < 1.29 is 0 Å². The molecule has 1 heterocycles. The van der Waals surface area contributed by atoms with E-state index in [0.717, 1.165) is 16.8 Å². The molecular weight excluding hydrogens is 234 g/mol. The van der Waals surface area contributed by atoms with Crippen molar-refractivity contribution in [3.63, 3.8) is 0 Å². The summed E-state index contributed by atoms with van der Waals surface area (Å²) in [5.74, 6) is 0. The van der Waals surface area contributed by atoms with Gasteiger partial charge in [0.25, 0.3) is 0 Å². The molecule has 0 saturated heterocycles. The number of benzene rings is 2. The summed E-state index contributed by atoms with van der Waals surface area (Å²) in [6.07, 6.45) is 5.81. The van der Waals surface area contributed by atoms with E-state index < -0.39 is 0 Å². The van der Waals surface area contributed by atoms with Gasteiger partial charge in [0, 0.05) is 11.8 Å². The monoisotopic (exact) mass is 247 g/mol. The lowest BCUT2D eigenvalue weighted by atomic mass is 10.2. The molecule has 0 bridgehead atoms. The Morgan fingerprint density at radius 2 is 1.53 bits per heavy atom. The van der Waals surface area contributed by atoms with Crippen molar-refractivity contribution in [3.8, 4) is 11.3 Å². The van der Waals surface area contributed by atoms with Gasteiger partial charge >= 0.3 is 0 Å². The van der Waals surface area contributed by atoms with Crippen LogP contribution in [0.4, 0.5) is 0 Å². The summed E-state index contributed by atoms with van der Waals surface area (Å²) in [7, 11) is 0. The second-order valence-corrected chi connectivity index (χ2v) is 4.18. The summed E-state index contributed by atoms with van der Waals surface area (Å²) >= 11 is 0. The molecule has 0 N–H and O–H groups in total. The van der Waals surface area contributed by atoms with Gasteiger partial charge in [-0.25, -0.2) is 4.68 Å². The van der Waals surface area contributed by atoms with Crippen molar-refractivity contribution in [1.29, 1.82) is 0 Å². The maximum absolute atomic E-state index is 4.16. The van der Waals surface area contributed by atoms with E-state index in [-0.39, 0.29) is 0 Å². The van der Waals surface area contributed by atoms with Crippen LogP contribution >= 0.6 is 0 Å². The molecule has 0 saturated carbocycles. The second kappa shape index (κ2) is 5.31. The third kappa shape index (κ3) is 2.77. The summed E-state index contributed by atoms with van der Waals surface area (Å²) in [6, 6.07) is 20.1. The van der Waals surface area contributed by atoms with Gasteiger partial charge in [-0.3, -0.25) is 0 Å². The lowest BCUT2D eigenvalue weighted by Gasteiger charge is -1.93. The standard InChI is InChI=1S/C16H13N3/c1-3-7-14(8-4-1)11-12-19-13-16(17-18-19)15-9-5-2-6-10-15/h1-13H/b12-11+. The predicted molar refractivity (Wildman–Crippen MR) is 77.1 cm³/mol. The van der Waals surface area contributed by atoms with Crippen LogP contribution in [0.2, 0.25) is 0 Å². The second-order valence-electron chi connectivity index (χ2n) is 4.18. The largest absolute Gasteiger partial charge is 0.227 e. The summed E-state index contributed by atoms with van der Waals surface area (Å²) in [5, 5.41) is 8.25.